The second-order valence-electron chi connectivity index (χ2n) is 6.56. The minimum absolute atomic E-state index is 0.0403. The van der Waals surface area contributed by atoms with Crippen molar-refractivity contribution in [3.63, 3.8) is 0 Å². The maximum Gasteiger partial charge on any atom is 0.220 e. The Labute approximate surface area is 134 Å². The monoisotopic (exact) mass is 324 g/mol. The molecule has 1 aromatic rings. The third-order valence-electron chi connectivity index (χ3n) is 5.23. The number of nitrogens with one attached hydrogen (secondary N) is 1. The van der Waals surface area contributed by atoms with Gasteiger partial charge in [-0.05, 0) is 32.4 Å². The van der Waals surface area contributed by atoms with Gasteiger partial charge in [-0.3, -0.25) is 9.69 Å². The molecule has 2 bridgehead atoms. The van der Waals surface area contributed by atoms with Crippen molar-refractivity contribution < 1.29 is 18.3 Å². The van der Waals surface area contributed by atoms with Crippen LogP contribution in [0.3, 0.4) is 0 Å². The highest BCUT2D eigenvalue weighted by molar-refractivity contribution is 5.76. The summed E-state index contributed by atoms with van der Waals surface area (Å²) in [7, 11) is 2.10. The Morgan fingerprint density at radius 2 is 2.30 bits per heavy atom. The first-order chi connectivity index (χ1) is 11.0. The van der Waals surface area contributed by atoms with Gasteiger partial charge in [0.15, 0.2) is 0 Å². The minimum Gasteiger partial charge on any atom is -0.378 e. The van der Waals surface area contributed by atoms with Gasteiger partial charge in [-0.2, -0.15) is 0 Å². The molecule has 126 valence electrons. The molecular weight excluding hydrogens is 302 g/mol. The van der Waals surface area contributed by atoms with Crippen molar-refractivity contribution in [3.05, 3.63) is 35.4 Å². The molecule has 2 unspecified atom stereocenters. The highest BCUT2D eigenvalue weighted by Gasteiger charge is 2.47. The number of rotatable bonds is 5. The molecule has 0 radical (unpaired) electrons. The van der Waals surface area contributed by atoms with Gasteiger partial charge in [0.25, 0.3) is 0 Å². The minimum atomic E-state index is -0.636. The maximum atomic E-state index is 13.5. The molecule has 2 heterocycles. The van der Waals surface area contributed by atoms with E-state index in [-0.39, 0.29) is 23.6 Å². The lowest BCUT2D eigenvalue weighted by molar-refractivity contribution is -0.123. The van der Waals surface area contributed by atoms with E-state index >= 15 is 0 Å². The second kappa shape index (κ2) is 6.53. The molecule has 1 N–H and O–H groups in total. The lowest BCUT2D eigenvalue weighted by Crippen LogP contribution is -2.53. The number of hydrogen-bond donors (Lipinski definition) is 1. The molecule has 2 fully saturated rings. The van der Waals surface area contributed by atoms with E-state index in [1.807, 2.05) is 0 Å². The van der Waals surface area contributed by atoms with Crippen molar-refractivity contribution in [3.8, 4) is 0 Å². The van der Waals surface area contributed by atoms with E-state index in [0.29, 0.717) is 19.1 Å². The highest BCUT2D eigenvalue weighted by Crippen LogP contribution is 2.39. The first kappa shape index (κ1) is 16.3. The van der Waals surface area contributed by atoms with Gasteiger partial charge in [-0.25, -0.2) is 8.78 Å². The van der Waals surface area contributed by atoms with Crippen LogP contribution in [-0.4, -0.2) is 42.6 Å². The molecule has 2 saturated heterocycles. The molecule has 6 heteroatoms. The van der Waals surface area contributed by atoms with Gasteiger partial charge < -0.3 is 10.1 Å². The highest BCUT2D eigenvalue weighted by atomic mass is 19.1. The van der Waals surface area contributed by atoms with Gasteiger partial charge in [0.1, 0.15) is 11.6 Å². The number of nitrogens with zero attached hydrogens (tertiary/aromatic N) is 1. The van der Waals surface area contributed by atoms with E-state index in [9.17, 15) is 13.6 Å². The molecule has 3 rings (SSSR count). The molecule has 23 heavy (non-hydrogen) atoms. The quantitative estimate of drug-likeness (QED) is 0.903. The van der Waals surface area contributed by atoms with Crippen LogP contribution in [0, 0.1) is 11.6 Å². The third kappa shape index (κ3) is 3.38. The van der Waals surface area contributed by atoms with E-state index in [0.717, 1.165) is 31.9 Å². The smallest absolute Gasteiger partial charge is 0.220 e. The van der Waals surface area contributed by atoms with Crippen LogP contribution < -0.4 is 5.32 Å². The molecule has 4 nitrogen and oxygen atoms in total. The van der Waals surface area contributed by atoms with Gasteiger partial charge in [0.2, 0.25) is 5.91 Å². The van der Waals surface area contributed by atoms with Gasteiger partial charge in [-0.1, -0.05) is 6.07 Å². The van der Waals surface area contributed by atoms with Crippen LogP contribution in [-0.2, 0) is 16.1 Å². The summed E-state index contributed by atoms with van der Waals surface area (Å²) in [6.45, 7) is 1.51. The van der Waals surface area contributed by atoms with Crippen LogP contribution in [0.25, 0.3) is 0 Å². The van der Waals surface area contributed by atoms with Crippen molar-refractivity contribution in [1.29, 1.82) is 0 Å². The van der Waals surface area contributed by atoms with E-state index in [1.54, 1.807) is 0 Å². The number of hydrogen-bond acceptors (Lipinski definition) is 3. The fourth-order valence-corrected chi connectivity index (χ4v) is 3.61. The van der Waals surface area contributed by atoms with Crippen LogP contribution in [0.2, 0.25) is 0 Å². The summed E-state index contributed by atoms with van der Waals surface area (Å²) in [5.74, 6) is -1.37. The summed E-state index contributed by atoms with van der Waals surface area (Å²) < 4.78 is 32.0. The molecule has 2 aliphatic rings. The number of ether oxygens (including phenoxy) is 1. The van der Waals surface area contributed by atoms with Gasteiger partial charge in [-0.15, -0.1) is 0 Å². The summed E-state index contributed by atoms with van der Waals surface area (Å²) in [5.41, 5.74) is 0.249. The third-order valence-corrected chi connectivity index (χ3v) is 5.23. The Morgan fingerprint density at radius 1 is 1.48 bits per heavy atom. The molecular formula is C17H22F2N2O2. The number of morpholine rings is 1. The number of carbonyl (C=O) groups is 1. The Balaban J connectivity index is 1.50. The summed E-state index contributed by atoms with van der Waals surface area (Å²) in [6.07, 6.45) is 3.27. The van der Waals surface area contributed by atoms with E-state index in [2.05, 4.69) is 17.3 Å². The lowest BCUT2D eigenvalue weighted by atomic mass is 9.91. The SMILES string of the molecule is CN1C2CCC1(CCC(=O)NCc1ccc(F)cc1F)COC2. The number of likely N-dealkylation sites (N-methyl/N-ethyl adjacent to an activating group) is 1. The van der Waals surface area contributed by atoms with Crippen molar-refractivity contribution in [2.24, 2.45) is 0 Å². The largest absolute Gasteiger partial charge is 0.378 e. The molecule has 0 aliphatic carbocycles. The van der Waals surface area contributed by atoms with Gasteiger partial charge in [0, 0.05) is 36.2 Å². The number of amides is 1. The summed E-state index contributed by atoms with van der Waals surface area (Å²) >= 11 is 0. The van der Waals surface area contributed by atoms with Crippen LogP contribution in [0.5, 0.6) is 0 Å². The average molecular weight is 324 g/mol. The molecule has 0 saturated carbocycles. The zero-order chi connectivity index (χ0) is 16.4. The first-order valence-electron chi connectivity index (χ1n) is 8.01. The Morgan fingerprint density at radius 3 is 3.09 bits per heavy atom. The topological polar surface area (TPSA) is 41.6 Å². The number of fused-ring (bicyclic) bond motifs is 2. The summed E-state index contributed by atoms with van der Waals surface area (Å²) in [4.78, 5) is 14.4. The molecule has 2 aliphatic heterocycles. The Bertz CT molecular complexity index is 592. The van der Waals surface area contributed by atoms with Crippen LogP contribution in [0.4, 0.5) is 8.78 Å². The standard InChI is InChI=1S/C17H22F2N2O2/c1-21-14-4-6-17(21,11-23-10-14)7-5-16(22)20-9-12-2-3-13(18)8-15(12)19/h2-3,8,14H,4-7,9-11H2,1H3,(H,20,22). The number of halogens is 2. The lowest BCUT2D eigenvalue weighted by Gasteiger charge is -2.42. The zero-order valence-corrected chi connectivity index (χ0v) is 13.3. The number of benzene rings is 1. The normalized spacial score (nSPS) is 27.2. The number of carbonyl (C=O) groups excluding carboxylic acids is 1. The van der Waals surface area contributed by atoms with Crippen LogP contribution in [0.1, 0.15) is 31.2 Å². The second-order valence-corrected chi connectivity index (χ2v) is 6.56. The van der Waals surface area contributed by atoms with Crippen LogP contribution >= 0.6 is 0 Å². The Hall–Kier alpha value is -1.53. The summed E-state index contributed by atoms with van der Waals surface area (Å²) in [6, 6.07) is 3.83. The molecule has 0 spiro atoms. The van der Waals surface area contributed by atoms with E-state index in [4.69, 9.17) is 4.74 Å². The van der Waals surface area contributed by atoms with E-state index < -0.39 is 11.6 Å². The van der Waals surface area contributed by atoms with Crippen molar-refractivity contribution in [2.75, 3.05) is 20.3 Å². The van der Waals surface area contributed by atoms with Crippen molar-refractivity contribution >= 4 is 5.91 Å². The van der Waals surface area contributed by atoms with E-state index in [1.165, 1.54) is 12.1 Å². The van der Waals surface area contributed by atoms with Gasteiger partial charge in [0.05, 0.1) is 13.2 Å². The average Bonchev–Trinajstić information content (AvgIpc) is 2.71. The van der Waals surface area contributed by atoms with Crippen molar-refractivity contribution in [1.82, 2.24) is 10.2 Å². The van der Waals surface area contributed by atoms with Crippen LogP contribution in [0.15, 0.2) is 18.2 Å². The first-order valence-corrected chi connectivity index (χ1v) is 8.01. The van der Waals surface area contributed by atoms with Gasteiger partial charge >= 0.3 is 0 Å². The predicted octanol–water partition coefficient (Wildman–Crippen LogP) is 2.22. The molecule has 2 atom stereocenters. The fourth-order valence-electron chi connectivity index (χ4n) is 3.61. The molecule has 1 amide bonds. The zero-order valence-electron chi connectivity index (χ0n) is 13.3. The van der Waals surface area contributed by atoms with Crippen molar-refractivity contribution in [2.45, 2.75) is 43.8 Å². The fraction of sp³-hybridized carbons (Fsp3) is 0.588. The Kier molecular flexibility index (Phi) is 4.64. The molecule has 1 aromatic carbocycles. The molecule has 0 aromatic heterocycles. The maximum absolute atomic E-state index is 13.5. The summed E-state index contributed by atoms with van der Waals surface area (Å²) in [5, 5.41) is 2.71. The predicted molar refractivity (Wildman–Crippen MR) is 81.8 cm³/mol.